The van der Waals surface area contributed by atoms with Crippen LogP contribution in [0.3, 0.4) is 0 Å². The van der Waals surface area contributed by atoms with Gasteiger partial charge in [0.15, 0.2) is 5.96 Å². The molecule has 2 heterocycles. The first-order valence-electron chi connectivity index (χ1n) is 11.3. The van der Waals surface area contributed by atoms with Crippen molar-refractivity contribution in [1.29, 1.82) is 0 Å². The molecule has 0 aromatic heterocycles. The van der Waals surface area contributed by atoms with Gasteiger partial charge in [-0.1, -0.05) is 24.6 Å². The SMILES string of the molecule is CCN=C(NC1CCN(c2ccccc2)CC1)NC1C2CCOC2C12CCC2. The van der Waals surface area contributed by atoms with E-state index >= 15 is 0 Å². The number of anilines is 1. The lowest BCUT2D eigenvalue weighted by Crippen LogP contribution is -2.72. The summed E-state index contributed by atoms with van der Waals surface area (Å²) in [5.74, 6) is 1.71. The quantitative estimate of drug-likeness (QED) is 0.620. The highest BCUT2D eigenvalue weighted by Gasteiger charge is 2.66. The minimum atomic E-state index is 0.397. The van der Waals surface area contributed by atoms with Crippen LogP contribution in [0.5, 0.6) is 0 Å². The number of rotatable bonds is 4. The van der Waals surface area contributed by atoms with Gasteiger partial charge in [0.05, 0.1) is 6.10 Å². The Hall–Kier alpha value is -1.75. The van der Waals surface area contributed by atoms with Crippen molar-refractivity contribution in [2.24, 2.45) is 16.3 Å². The van der Waals surface area contributed by atoms with Crippen LogP contribution in [0, 0.1) is 11.3 Å². The average Bonchev–Trinajstić information content (AvgIpc) is 3.11. The van der Waals surface area contributed by atoms with E-state index in [1.54, 1.807) is 0 Å². The van der Waals surface area contributed by atoms with Crippen LogP contribution in [0.25, 0.3) is 0 Å². The Morgan fingerprint density at radius 2 is 1.93 bits per heavy atom. The molecule has 0 amide bonds. The van der Waals surface area contributed by atoms with Crippen LogP contribution >= 0.6 is 0 Å². The predicted molar refractivity (Wildman–Crippen MR) is 114 cm³/mol. The first-order valence-corrected chi connectivity index (χ1v) is 11.3. The number of piperidine rings is 1. The summed E-state index contributed by atoms with van der Waals surface area (Å²) in [4.78, 5) is 7.29. The molecule has 2 saturated heterocycles. The van der Waals surface area contributed by atoms with Gasteiger partial charge < -0.3 is 20.3 Å². The van der Waals surface area contributed by atoms with Gasteiger partial charge in [-0.15, -0.1) is 0 Å². The summed E-state index contributed by atoms with van der Waals surface area (Å²) in [6.07, 6.45) is 8.03. The normalized spacial score (nSPS) is 31.8. The molecule has 3 unspecified atom stereocenters. The van der Waals surface area contributed by atoms with Gasteiger partial charge in [-0.2, -0.15) is 0 Å². The van der Waals surface area contributed by atoms with E-state index in [4.69, 9.17) is 9.73 Å². The molecule has 152 valence electrons. The van der Waals surface area contributed by atoms with Crippen LogP contribution in [0.4, 0.5) is 5.69 Å². The molecule has 28 heavy (non-hydrogen) atoms. The zero-order chi connectivity index (χ0) is 19.0. The number of ether oxygens (including phenoxy) is 1. The maximum Gasteiger partial charge on any atom is 0.191 e. The second-order valence-corrected chi connectivity index (χ2v) is 9.02. The molecule has 3 atom stereocenters. The molecular formula is C23H34N4O. The fourth-order valence-electron chi connectivity index (χ4n) is 6.01. The summed E-state index contributed by atoms with van der Waals surface area (Å²) in [5, 5.41) is 7.62. The smallest absolute Gasteiger partial charge is 0.191 e. The molecule has 4 fully saturated rings. The van der Waals surface area contributed by atoms with E-state index in [1.807, 2.05) is 0 Å². The molecule has 2 N–H and O–H groups in total. The fraction of sp³-hybridized carbons (Fsp3) is 0.696. The number of aliphatic imine (C=N–C) groups is 1. The van der Waals surface area contributed by atoms with Gasteiger partial charge in [0.25, 0.3) is 0 Å². The van der Waals surface area contributed by atoms with Crippen LogP contribution in [0.1, 0.15) is 45.4 Å². The van der Waals surface area contributed by atoms with Crippen molar-refractivity contribution in [2.45, 2.75) is 63.6 Å². The summed E-state index contributed by atoms with van der Waals surface area (Å²) in [5.41, 5.74) is 1.74. The van der Waals surface area contributed by atoms with Crippen LogP contribution in [-0.4, -0.2) is 50.4 Å². The van der Waals surface area contributed by atoms with Crippen LogP contribution in [-0.2, 0) is 4.74 Å². The number of para-hydroxylation sites is 1. The van der Waals surface area contributed by atoms with Gasteiger partial charge >= 0.3 is 0 Å². The standard InChI is InChI=1S/C23H34N4O/c1-2-24-22(26-20-19-11-16-28-21(19)23(20)12-6-13-23)25-17-9-14-27(15-10-17)18-7-4-3-5-8-18/h3-5,7-8,17,19-21H,2,6,9-16H2,1H3,(H2,24,25,26). The molecule has 5 rings (SSSR count). The van der Waals surface area contributed by atoms with E-state index in [0.717, 1.165) is 45.0 Å². The molecule has 1 aromatic rings. The van der Waals surface area contributed by atoms with E-state index < -0.39 is 0 Å². The minimum absolute atomic E-state index is 0.397. The molecule has 1 spiro atoms. The van der Waals surface area contributed by atoms with Gasteiger partial charge in [0, 0.05) is 55.3 Å². The van der Waals surface area contributed by atoms with E-state index in [-0.39, 0.29) is 0 Å². The average molecular weight is 383 g/mol. The van der Waals surface area contributed by atoms with Gasteiger partial charge in [-0.25, -0.2) is 0 Å². The van der Waals surface area contributed by atoms with Gasteiger partial charge in [0.1, 0.15) is 0 Å². The topological polar surface area (TPSA) is 48.9 Å². The van der Waals surface area contributed by atoms with Crippen molar-refractivity contribution in [2.75, 3.05) is 31.1 Å². The van der Waals surface area contributed by atoms with Crippen molar-refractivity contribution in [3.63, 3.8) is 0 Å². The lowest BCUT2D eigenvalue weighted by molar-refractivity contribution is -0.171. The minimum Gasteiger partial charge on any atom is -0.377 e. The first kappa shape index (κ1) is 18.3. The number of fused-ring (bicyclic) bond motifs is 2. The molecular weight excluding hydrogens is 348 g/mol. The lowest BCUT2D eigenvalue weighted by Gasteiger charge is -2.63. The van der Waals surface area contributed by atoms with E-state index in [0.29, 0.717) is 29.5 Å². The van der Waals surface area contributed by atoms with Crippen molar-refractivity contribution >= 4 is 11.6 Å². The van der Waals surface area contributed by atoms with E-state index in [1.165, 1.54) is 31.4 Å². The summed E-state index contributed by atoms with van der Waals surface area (Å²) < 4.78 is 6.08. The second kappa shape index (κ2) is 7.58. The number of hydrogen-bond acceptors (Lipinski definition) is 3. The maximum atomic E-state index is 6.08. The largest absolute Gasteiger partial charge is 0.377 e. The number of benzene rings is 1. The van der Waals surface area contributed by atoms with Crippen LogP contribution in [0.2, 0.25) is 0 Å². The Kier molecular flexibility index (Phi) is 4.95. The third kappa shape index (κ3) is 3.08. The molecule has 0 radical (unpaired) electrons. The van der Waals surface area contributed by atoms with Crippen molar-refractivity contribution in [3.05, 3.63) is 30.3 Å². The monoisotopic (exact) mass is 382 g/mol. The molecule has 5 nitrogen and oxygen atoms in total. The summed E-state index contributed by atoms with van der Waals surface area (Å²) >= 11 is 0. The molecule has 2 aliphatic heterocycles. The third-order valence-corrected chi connectivity index (χ3v) is 7.60. The van der Waals surface area contributed by atoms with Crippen molar-refractivity contribution < 1.29 is 4.74 Å². The summed E-state index contributed by atoms with van der Waals surface area (Å²) in [7, 11) is 0. The van der Waals surface area contributed by atoms with Crippen LogP contribution < -0.4 is 15.5 Å². The predicted octanol–water partition coefficient (Wildman–Crippen LogP) is 3.17. The molecule has 2 saturated carbocycles. The highest BCUT2D eigenvalue weighted by atomic mass is 16.5. The number of nitrogens with zero attached hydrogens (tertiary/aromatic N) is 2. The first-order chi connectivity index (χ1) is 13.8. The summed E-state index contributed by atoms with van der Waals surface area (Å²) in [6.45, 7) is 6.10. The Morgan fingerprint density at radius 1 is 1.14 bits per heavy atom. The molecule has 5 heteroatoms. The Bertz CT molecular complexity index is 694. The zero-order valence-corrected chi connectivity index (χ0v) is 17.1. The maximum absolute atomic E-state index is 6.08. The van der Waals surface area contributed by atoms with Gasteiger partial charge in [0.2, 0.25) is 0 Å². The number of hydrogen-bond donors (Lipinski definition) is 2. The Labute approximate surface area is 168 Å². The van der Waals surface area contributed by atoms with Crippen LogP contribution in [0.15, 0.2) is 35.3 Å². The van der Waals surface area contributed by atoms with E-state index in [2.05, 4.69) is 52.8 Å². The lowest BCUT2D eigenvalue weighted by atomic mass is 9.46. The highest BCUT2D eigenvalue weighted by Crippen LogP contribution is 2.62. The van der Waals surface area contributed by atoms with Crippen molar-refractivity contribution in [3.8, 4) is 0 Å². The molecule has 2 aliphatic carbocycles. The molecule has 0 bridgehead atoms. The summed E-state index contributed by atoms with van der Waals surface area (Å²) in [6, 6.07) is 11.8. The number of nitrogens with one attached hydrogen (secondary N) is 2. The number of guanidine groups is 1. The van der Waals surface area contributed by atoms with E-state index in [9.17, 15) is 0 Å². The Morgan fingerprint density at radius 3 is 2.61 bits per heavy atom. The Balaban J connectivity index is 1.19. The highest BCUT2D eigenvalue weighted by molar-refractivity contribution is 5.81. The van der Waals surface area contributed by atoms with Gasteiger partial charge in [-0.05, 0) is 51.2 Å². The molecule has 4 aliphatic rings. The third-order valence-electron chi connectivity index (χ3n) is 7.60. The second-order valence-electron chi connectivity index (χ2n) is 9.02. The van der Waals surface area contributed by atoms with Crippen molar-refractivity contribution in [1.82, 2.24) is 10.6 Å². The zero-order valence-electron chi connectivity index (χ0n) is 17.1. The fourth-order valence-corrected chi connectivity index (χ4v) is 6.01. The molecule has 1 aromatic carbocycles. The van der Waals surface area contributed by atoms with Gasteiger partial charge in [-0.3, -0.25) is 4.99 Å².